The molecule has 96 valence electrons. The molecule has 2 aromatic rings. The number of nitrogens with one attached hydrogen (secondary N) is 1. The number of hydrogen-bond acceptors (Lipinski definition) is 7. The lowest BCUT2D eigenvalue weighted by Gasteiger charge is -2.10. The first-order valence-corrected chi connectivity index (χ1v) is 6.29. The van der Waals surface area contributed by atoms with Crippen LogP contribution >= 0.6 is 11.3 Å². The Bertz CT molecular complexity index is 468. The van der Waals surface area contributed by atoms with Crippen LogP contribution in [-0.4, -0.2) is 29.2 Å². The van der Waals surface area contributed by atoms with Crippen molar-refractivity contribution in [3.63, 3.8) is 0 Å². The molecule has 2 rings (SSSR count). The maximum absolute atomic E-state index is 5.19. The molecule has 0 spiro atoms. The van der Waals surface area contributed by atoms with Gasteiger partial charge in [-0.2, -0.15) is 0 Å². The van der Waals surface area contributed by atoms with Crippen molar-refractivity contribution < 1.29 is 9.47 Å². The maximum Gasteiger partial charge on any atom is 0.224 e. The number of aromatic nitrogens is 3. The van der Waals surface area contributed by atoms with Crippen molar-refractivity contribution in [2.75, 3.05) is 14.2 Å². The molecule has 0 radical (unpaired) electrons. The van der Waals surface area contributed by atoms with Gasteiger partial charge in [-0.3, -0.25) is 0 Å². The Morgan fingerprint density at radius 1 is 1.11 bits per heavy atom. The van der Waals surface area contributed by atoms with Gasteiger partial charge in [0.1, 0.15) is 6.33 Å². The summed E-state index contributed by atoms with van der Waals surface area (Å²) in [4.78, 5) is 12.3. The number of hydrogen-bond donors (Lipinski definition) is 1. The van der Waals surface area contributed by atoms with Gasteiger partial charge < -0.3 is 14.8 Å². The van der Waals surface area contributed by atoms with Crippen molar-refractivity contribution in [1.82, 2.24) is 20.3 Å². The number of ether oxygens (including phenoxy) is 2. The highest BCUT2D eigenvalue weighted by Crippen LogP contribution is 2.22. The molecule has 18 heavy (non-hydrogen) atoms. The van der Waals surface area contributed by atoms with Gasteiger partial charge in [-0.15, -0.1) is 11.3 Å². The molecule has 6 nitrogen and oxygen atoms in total. The Labute approximate surface area is 109 Å². The molecule has 1 N–H and O–H groups in total. The second-order valence-corrected chi connectivity index (χ2v) is 4.17. The fourth-order valence-corrected chi connectivity index (χ4v) is 2.08. The highest BCUT2D eigenvalue weighted by molar-refractivity contribution is 7.07. The van der Waals surface area contributed by atoms with Crippen LogP contribution in [0.3, 0.4) is 0 Å². The molecule has 0 aliphatic carbocycles. The van der Waals surface area contributed by atoms with Crippen LogP contribution in [0.25, 0.3) is 0 Å². The van der Waals surface area contributed by atoms with Gasteiger partial charge in [0.2, 0.25) is 11.8 Å². The van der Waals surface area contributed by atoms with Gasteiger partial charge in [-0.1, -0.05) is 0 Å². The summed E-state index contributed by atoms with van der Waals surface area (Å²) in [6.07, 6.45) is 1.42. The summed E-state index contributed by atoms with van der Waals surface area (Å²) in [5.41, 5.74) is 3.62. The minimum atomic E-state index is 0.521. The lowest BCUT2D eigenvalue weighted by atomic mass is 10.3. The standard InChI is InChI=1S/C11H14N4O2S/c1-16-10-9(11(17-2)14-6-13-10)4-12-3-8-5-18-7-15-8/h5-7,12H,3-4H2,1-2H3. The zero-order valence-electron chi connectivity index (χ0n) is 10.2. The molecule has 0 amide bonds. The monoisotopic (exact) mass is 266 g/mol. The van der Waals surface area contributed by atoms with Crippen LogP contribution < -0.4 is 14.8 Å². The van der Waals surface area contributed by atoms with Crippen LogP contribution in [0.2, 0.25) is 0 Å². The average molecular weight is 266 g/mol. The van der Waals surface area contributed by atoms with E-state index in [0.29, 0.717) is 24.8 Å². The van der Waals surface area contributed by atoms with Crippen LogP contribution in [-0.2, 0) is 13.1 Å². The topological polar surface area (TPSA) is 69.2 Å². The molecule has 0 bridgehead atoms. The predicted molar refractivity (Wildman–Crippen MR) is 67.8 cm³/mol. The van der Waals surface area contributed by atoms with Gasteiger partial charge in [0.25, 0.3) is 0 Å². The third-order valence-corrected chi connectivity index (χ3v) is 2.98. The van der Waals surface area contributed by atoms with Crippen LogP contribution in [0.15, 0.2) is 17.2 Å². The minimum absolute atomic E-state index is 0.521. The molecule has 0 saturated carbocycles. The summed E-state index contributed by atoms with van der Waals surface area (Å²) in [6.45, 7) is 1.25. The Kier molecular flexibility index (Phi) is 4.43. The molecular weight excluding hydrogens is 252 g/mol. The second-order valence-electron chi connectivity index (χ2n) is 3.45. The van der Waals surface area contributed by atoms with Crippen molar-refractivity contribution in [3.05, 3.63) is 28.5 Å². The molecule has 0 aliphatic rings. The lowest BCUT2D eigenvalue weighted by Crippen LogP contribution is -2.15. The first kappa shape index (κ1) is 12.7. The zero-order chi connectivity index (χ0) is 12.8. The van der Waals surface area contributed by atoms with Gasteiger partial charge >= 0.3 is 0 Å². The van der Waals surface area contributed by atoms with Crippen LogP contribution in [0.4, 0.5) is 0 Å². The van der Waals surface area contributed by atoms with E-state index in [1.165, 1.54) is 6.33 Å². The van der Waals surface area contributed by atoms with Gasteiger partial charge in [-0.05, 0) is 0 Å². The van der Waals surface area contributed by atoms with Crippen molar-refractivity contribution >= 4 is 11.3 Å². The van der Waals surface area contributed by atoms with E-state index in [-0.39, 0.29) is 0 Å². The quantitative estimate of drug-likeness (QED) is 0.848. The normalized spacial score (nSPS) is 10.3. The first-order valence-electron chi connectivity index (χ1n) is 5.34. The molecule has 0 aromatic carbocycles. The highest BCUT2D eigenvalue weighted by atomic mass is 32.1. The van der Waals surface area contributed by atoms with E-state index in [2.05, 4.69) is 20.3 Å². The third kappa shape index (κ3) is 2.93. The van der Waals surface area contributed by atoms with Crippen LogP contribution in [0.1, 0.15) is 11.3 Å². The minimum Gasteiger partial charge on any atom is -0.481 e. The molecule has 0 unspecified atom stereocenters. The number of rotatable bonds is 6. The summed E-state index contributed by atoms with van der Waals surface area (Å²) in [7, 11) is 3.15. The largest absolute Gasteiger partial charge is 0.481 e. The Balaban J connectivity index is 2.03. The van der Waals surface area contributed by atoms with E-state index in [1.807, 2.05) is 10.9 Å². The molecule has 0 fully saturated rings. The number of nitrogens with zero attached hydrogens (tertiary/aromatic N) is 3. The molecular formula is C11H14N4O2S. The van der Waals surface area contributed by atoms with E-state index in [4.69, 9.17) is 9.47 Å². The summed E-state index contributed by atoms with van der Waals surface area (Å²) in [5.74, 6) is 1.04. The van der Waals surface area contributed by atoms with Gasteiger partial charge in [0.15, 0.2) is 0 Å². The average Bonchev–Trinajstić information content (AvgIpc) is 2.92. The van der Waals surface area contributed by atoms with Gasteiger partial charge in [0, 0.05) is 18.5 Å². The van der Waals surface area contributed by atoms with E-state index < -0.39 is 0 Å². The van der Waals surface area contributed by atoms with Crippen molar-refractivity contribution in [1.29, 1.82) is 0 Å². The van der Waals surface area contributed by atoms with Gasteiger partial charge in [-0.25, -0.2) is 15.0 Å². The Morgan fingerprint density at radius 2 is 1.83 bits per heavy atom. The summed E-state index contributed by atoms with van der Waals surface area (Å²) in [6, 6.07) is 0. The molecule has 0 saturated heterocycles. The Hall–Kier alpha value is -1.73. The van der Waals surface area contributed by atoms with Crippen molar-refractivity contribution in [2.24, 2.45) is 0 Å². The summed E-state index contributed by atoms with van der Waals surface area (Å²) >= 11 is 1.58. The number of thiazole rings is 1. The van der Waals surface area contributed by atoms with E-state index in [0.717, 1.165) is 11.3 Å². The molecule has 0 aliphatic heterocycles. The molecule has 7 heteroatoms. The molecule has 2 heterocycles. The fourth-order valence-electron chi connectivity index (χ4n) is 1.52. The van der Waals surface area contributed by atoms with Crippen LogP contribution in [0, 0.1) is 0 Å². The number of methoxy groups -OCH3 is 2. The van der Waals surface area contributed by atoms with Gasteiger partial charge in [0.05, 0.1) is 31.0 Å². The summed E-state index contributed by atoms with van der Waals surface area (Å²) in [5, 5.41) is 5.26. The predicted octanol–water partition coefficient (Wildman–Crippen LogP) is 1.24. The molecule has 0 atom stereocenters. The van der Waals surface area contributed by atoms with Crippen LogP contribution in [0.5, 0.6) is 11.8 Å². The smallest absolute Gasteiger partial charge is 0.224 e. The second kappa shape index (κ2) is 6.27. The van der Waals surface area contributed by atoms with E-state index >= 15 is 0 Å². The first-order chi connectivity index (χ1) is 8.85. The zero-order valence-corrected chi connectivity index (χ0v) is 11.0. The lowest BCUT2D eigenvalue weighted by molar-refractivity contribution is 0.359. The van der Waals surface area contributed by atoms with Crippen molar-refractivity contribution in [3.8, 4) is 11.8 Å². The SMILES string of the molecule is COc1ncnc(OC)c1CNCc1cscn1. The Morgan fingerprint density at radius 3 is 2.39 bits per heavy atom. The maximum atomic E-state index is 5.19. The third-order valence-electron chi connectivity index (χ3n) is 2.34. The van der Waals surface area contributed by atoms with E-state index in [1.54, 1.807) is 25.6 Å². The fraction of sp³-hybridized carbons (Fsp3) is 0.364. The van der Waals surface area contributed by atoms with Crippen molar-refractivity contribution in [2.45, 2.75) is 13.1 Å². The summed E-state index contributed by atoms with van der Waals surface area (Å²) < 4.78 is 10.4. The molecule has 2 aromatic heterocycles. The highest BCUT2D eigenvalue weighted by Gasteiger charge is 2.12. The van der Waals surface area contributed by atoms with E-state index in [9.17, 15) is 0 Å².